The summed E-state index contributed by atoms with van der Waals surface area (Å²) in [7, 11) is 0. The number of hydrogen-bond acceptors (Lipinski definition) is 4. The summed E-state index contributed by atoms with van der Waals surface area (Å²) in [4.78, 5) is 18.9. The summed E-state index contributed by atoms with van der Waals surface area (Å²) in [5.74, 6) is 0.632. The lowest BCUT2D eigenvalue weighted by atomic mass is 9.93. The van der Waals surface area contributed by atoms with E-state index in [1.165, 1.54) is 0 Å². The smallest absolute Gasteiger partial charge is 0.259 e. The second-order valence-corrected chi connectivity index (χ2v) is 7.10. The number of nitrogens with zero attached hydrogens (tertiary/aromatic N) is 2. The molecule has 0 atom stereocenters. The van der Waals surface area contributed by atoms with Gasteiger partial charge in [-0.1, -0.05) is 11.6 Å². The Balaban J connectivity index is 1.71. The van der Waals surface area contributed by atoms with Gasteiger partial charge in [-0.25, -0.2) is 0 Å². The topological polar surface area (TPSA) is 54.5 Å². The number of aromatic nitrogens is 1. The molecule has 0 bridgehead atoms. The monoisotopic (exact) mass is 343 g/mol. The van der Waals surface area contributed by atoms with Crippen LogP contribution in [0.15, 0.2) is 36.7 Å². The van der Waals surface area contributed by atoms with Crippen LogP contribution in [0.4, 0.5) is 5.69 Å². The minimum atomic E-state index is -0.504. The third-order valence-electron chi connectivity index (χ3n) is 4.64. The zero-order valence-corrected chi connectivity index (χ0v) is 14.3. The molecule has 1 aromatic heterocycles. The average Bonchev–Trinajstić information content (AvgIpc) is 2.70. The largest absolute Gasteiger partial charge is 0.486 e. The van der Waals surface area contributed by atoms with E-state index >= 15 is 0 Å². The van der Waals surface area contributed by atoms with Crippen molar-refractivity contribution in [1.29, 1.82) is 0 Å². The van der Waals surface area contributed by atoms with Crippen molar-refractivity contribution in [2.45, 2.75) is 25.5 Å². The Morgan fingerprint density at radius 3 is 2.79 bits per heavy atom. The van der Waals surface area contributed by atoms with E-state index in [-0.39, 0.29) is 12.0 Å². The summed E-state index contributed by atoms with van der Waals surface area (Å²) >= 11 is 6.13. The summed E-state index contributed by atoms with van der Waals surface area (Å²) in [6, 6.07) is 7.27. The van der Waals surface area contributed by atoms with Crippen LogP contribution in [0.2, 0.25) is 5.02 Å². The van der Waals surface area contributed by atoms with Crippen LogP contribution >= 0.6 is 11.6 Å². The SMILES string of the molecule is CC1(C)c2cc(Cl)ccc2C(=O)N1c1cncc(OC2CNC2)c1. The molecule has 2 aliphatic rings. The number of fused-ring (bicyclic) bond motifs is 1. The number of ether oxygens (including phenoxy) is 1. The van der Waals surface area contributed by atoms with Crippen molar-refractivity contribution in [3.05, 3.63) is 52.8 Å². The molecule has 0 aliphatic carbocycles. The number of amides is 1. The minimum Gasteiger partial charge on any atom is -0.486 e. The lowest BCUT2D eigenvalue weighted by Crippen LogP contribution is -2.50. The van der Waals surface area contributed by atoms with E-state index in [2.05, 4.69) is 10.3 Å². The van der Waals surface area contributed by atoms with Crippen molar-refractivity contribution < 1.29 is 9.53 Å². The molecule has 6 heteroatoms. The highest BCUT2D eigenvalue weighted by atomic mass is 35.5. The van der Waals surface area contributed by atoms with E-state index in [0.29, 0.717) is 16.3 Å². The molecule has 0 spiro atoms. The second kappa shape index (κ2) is 5.46. The quantitative estimate of drug-likeness (QED) is 0.931. The van der Waals surface area contributed by atoms with Gasteiger partial charge in [-0.3, -0.25) is 14.7 Å². The average molecular weight is 344 g/mol. The molecule has 2 aromatic rings. The summed E-state index contributed by atoms with van der Waals surface area (Å²) in [6.45, 7) is 5.69. The molecule has 1 fully saturated rings. The van der Waals surface area contributed by atoms with Crippen molar-refractivity contribution in [3.8, 4) is 5.75 Å². The Hall–Kier alpha value is -2.11. The van der Waals surface area contributed by atoms with E-state index in [1.807, 2.05) is 26.0 Å². The number of hydrogen-bond donors (Lipinski definition) is 1. The van der Waals surface area contributed by atoms with Gasteiger partial charge in [0.15, 0.2) is 0 Å². The van der Waals surface area contributed by atoms with Gasteiger partial charge in [-0.05, 0) is 37.6 Å². The number of carbonyl (C=O) groups is 1. The molecule has 24 heavy (non-hydrogen) atoms. The van der Waals surface area contributed by atoms with Crippen LogP contribution in [0.25, 0.3) is 0 Å². The maximum absolute atomic E-state index is 12.9. The maximum atomic E-state index is 12.9. The second-order valence-electron chi connectivity index (χ2n) is 6.67. The highest BCUT2D eigenvalue weighted by molar-refractivity contribution is 6.31. The summed E-state index contributed by atoms with van der Waals surface area (Å²) in [5, 5.41) is 3.79. The first kappa shape index (κ1) is 15.4. The van der Waals surface area contributed by atoms with Gasteiger partial charge in [0, 0.05) is 29.7 Å². The number of benzene rings is 1. The van der Waals surface area contributed by atoms with Crippen molar-refractivity contribution in [2.24, 2.45) is 0 Å². The van der Waals surface area contributed by atoms with Crippen LogP contribution in [0.5, 0.6) is 5.75 Å². The number of halogens is 1. The third kappa shape index (κ3) is 2.36. The van der Waals surface area contributed by atoms with Gasteiger partial charge in [-0.2, -0.15) is 0 Å². The van der Waals surface area contributed by atoms with Crippen LogP contribution in [0.3, 0.4) is 0 Å². The molecule has 124 valence electrons. The van der Waals surface area contributed by atoms with Gasteiger partial charge in [-0.15, -0.1) is 0 Å². The Kier molecular flexibility index (Phi) is 3.51. The van der Waals surface area contributed by atoms with Crippen LogP contribution in [0, 0.1) is 0 Å². The van der Waals surface area contributed by atoms with Gasteiger partial charge < -0.3 is 10.1 Å². The van der Waals surface area contributed by atoms with E-state index in [4.69, 9.17) is 16.3 Å². The lowest BCUT2D eigenvalue weighted by molar-refractivity contribution is 0.0982. The highest BCUT2D eigenvalue weighted by Crippen LogP contribution is 2.43. The zero-order chi connectivity index (χ0) is 16.9. The molecule has 1 N–H and O–H groups in total. The first-order chi connectivity index (χ1) is 11.5. The summed E-state index contributed by atoms with van der Waals surface area (Å²) in [5.41, 5.74) is 1.82. The molecule has 0 unspecified atom stereocenters. The molecule has 5 nitrogen and oxygen atoms in total. The van der Waals surface area contributed by atoms with E-state index in [0.717, 1.165) is 24.3 Å². The van der Waals surface area contributed by atoms with Crippen LogP contribution < -0.4 is 15.0 Å². The van der Waals surface area contributed by atoms with Gasteiger partial charge in [0.2, 0.25) is 0 Å². The van der Waals surface area contributed by atoms with Gasteiger partial charge >= 0.3 is 0 Å². The molecule has 1 saturated heterocycles. The predicted octanol–water partition coefficient (Wildman–Crippen LogP) is 2.98. The summed E-state index contributed by atoms with van der Waals surface area (Å²) in [6.07, 6.45) is 3.54. The fourth-order valence-corrected chi connectivity index (χ4v) is 3.45. The Bertz CT molecular complexity index is 818. The highest BCUT2D eigenvalue weighted by Gasteiger charge is 2.44. The molecule has 4 rings (SSSR count). The first-order valence-electron chi connectivity index (χ1n) is 7.94. The van der Waals surface area contributed by atoms with Gasteiger partial charge in [0.1, 0.15) is 11.9 Å². The third-order valence-corrected chi connectivity index (χ3v) is 4.87. The Labute approximate surface area is 145 Å². The molecule has 0 saturated carbocycles. The van der Waals surface area contributed by atoms with E-state index < -0.39 is 5.54 Å². The predicted molar refractivity (Wildman–Crippen MR) is 92.8 cm³/mol. The van der Waals surface area contributed by atoms with Crippen LogP contribution in [0.1, 0.15) is 29.8 Å². The summed E-state index contributed by atoms with van der Waals surface area (Å²) < 4.78 is 5.87. The molecule has 2 aliphatic heterocycles. The first-order valence-corrected chi connectivity index (χ1v) is 8.31. The minimum absolute atomic E-state index is 0.0454. The van der Waals surface area contributed by atoms with Crippen molar-refractivity contribution in [2.75, 3.05) is 18.0 Å². The fraction of sp³-hybridized carbons (Fsp3) is 0.333. The van der Waals surface area contributed by atoms with Gasteiger partial charge in [0.05, 0.1) is 23.6 Å². The van der Waals surface area contributed by atoms with Crippen molar-refractivity contribution >= 4 is 23.2 Å². The fourth-order valence-electron chi connectivity index (χ4n) is 3.28. The number of nitrogens with one attached hydrogen (secondary N) is 1. The number of pyridine rings is 1. The Morgan fingerprint density at radius 2 is 2.08 bits per heavy atom. The maximum Gasteiger partial charge on any atom is 0.259 e. The standard InChI is InChI=1S/C18H18ClN3O2/c1-18(2)16-5-11(19)3-4-15(16)17(23)22(18)12-6-13(8-20-7-12)24-14-9-21-10-14/h3-8,14,21H,9-10H2,1-2H3. The molecular weight excluding hydrogens is 326 g/mol. The van der Waals surface area contributed by atoms with Crippen LogP contribution in [-0.2, 0) is 5.54 Å². The van der Waals surface area contributed by atoms with Crippen LogP contribution in [-0.4, -0.2) is 30.1 Å². The Morgan fingerprint density at radius 1 is 1.29 bits per heavy atom. The molecule has 0 radical (unpaired) electrons. The van der Waals surface area contributed by atoms with Crippen molar-refractivity contribution in [1.82, 2.24) is 10.3 Å². The number of anilines is 1. The molecule has 1 aromatic carbocycles. The number of rotatable bonds is 3. The molecule has 1 amide bonds. The zero-order valence-electron chi connectivity index (χ0n) is 13.5. The van der Waals surface area contributed by atoms with Gasteiger partial charge in [0.25, 0.3) is 5.91 Å². The molecular formula is C18H18ClN3O2. The van der Waals surface area contributed by atoms with Crippen molar-refractivity contribution in [3.63, 3.8) is 0 Å². The normalized spacial score (nSPS) is 19.1. The molecule has 3 heterocycles. The number of carbonyl (C=O) groups excluding carboxylic acids is 1. The van der Waals surface area contributed by atoms with E-state index in [1.54, 1.807) is 29.4 Å². The lowest BCUT2D eigenvalue weighted by Gasteiger charge is -2.33. The van der Waals surface area contributed by atoms with E-state index in [9.17, 15) is 4.79 Å².